The number of nitrogens with zero attached hydrogens (tertiary/aromatic N) is 1. The topological polar surface area (TPSA) is 12.5 Å². The molecular weight excluding hydrogens is 253 g/mol. The van der Waals surface area contributed by atoms with Crippen LogP contribution >= 0.6 is 0 Å². The van der Waals surface area contributed by atoms with E-state index < -0.39 is 0 Å². The highest BCUT2D eigenvalue weighted by molar-refractivity contribution is 5.22. The van der Waals surface area contributed by atoms with E-state index in [-0.39, 0.29) is 5.82 Å². The van der Waals surface area contributed by atoms with Crippen molar-refractivity contribution in [1.29, 1.82) is 0 Å². The summed E-state index contributed by atoms with van der Waals surface area (Å²) in [6.07, 6.45) is 3.87. The lowest BCUT2D eigenvalue weighted by atomic mass is 9.97. The quantitative estimate of drug-likeness (QED) is 0.816. The SMILES string of the molecule is C[C@H]1C[C@@H]1CN1CCC(COc2ccc(F)cc2)CC1. The molecule has 0 spiro atoms. The minimum absolute atomic E-state index is 0.208. The summed E-state index contributed by atoms with van der Waals surface area (Å²) in [5.74, 6) is 3.13. The Hall–Kier alpha value is -1.09. The second-order valence-corrected chi connectivity index (χ2v) is 6.48. The van der Waals surface area contributed by atoms with Gasteiger partial charge in [0.05, 0.1) is 6.61 Å². The molecule has 3 heteroatoms. The van der Waals surface area contributed by atoms with E-state index in [0.717, 1.165) is 24.2 Å². The first-order valence-electron chi connectivity index (χ1n) is 7.81. The summed E-state index contributed by atoms with van der Waals surface area (Å²) in [7, 11) is 0. The van der Waals surface area contributed by atoms with Crippen LogP contribution in [-0.4, -0.2) is 31.1 Å². The number of ether oxygens (including phenoxy) is 1. The number of hydrogen-bond acceptors (Lipinski definition) is 2. The summed E-state index contributed by atoms with van der Waals surface area (Å²) >= 11 is 0. The van der Waals surface area contributed by atoms with Gasteiger partial charge in [0.15, 0.2) is 0 Å². The minimum atomic E-state index is -0.208. The van der Waals surface area contributed by atoms with Gasteiger partial charge in [-0.15, -0.1) is 0 Å². The highest BCUT2D eigenvalue weighted by Gasteiger charge is 2.34. The van der Waals surface area contributed by atoms with Gasteiger partial charge in [0.2, 0.25) is 0 Å². The van der Waals surface area contributed by atoms with Crippen LogP contribution < -0.4 is 4.74 Å². The Bertz CT molecular complexity index is 425. The Kier molecular flexibility index (Phi) is 4.25. The monoisotopic (exact) mass is 277 g/mol. The van der Waals surface area contributed by atoms with E-state index in [1.165, 1.54) is 51.0 Å². The third kappa shape index (κ3) is 3.72. The number of rotatable bonds is 5. The van der Waals surface area contributed by atoms with Crippen molar-refractivity contribution in [2.24, 2.45) is 17.8 Å². The summed E-state index contributed by atoms with van der Waals surface area (Å²) in [5, 5.41) is 0. The number of halogens is 1. The van der Waals surface area contributed by atoms with E-state index in [1.807, 2.05) is 0 Å². The molecule has 2 fully saturated rings. The standard InChI is InChI=1S/C17H24FNO/c1-13-10-15(13)11-19-8-6-14(7-9-19)12-20-17-4-2-16(18)3-5-17/h2-5,13-15H,6-12H2,1H3/t13-,15+/m0/s1. The second kappa shape index (κ2) is 6.13. The molecule has 0 N–H and O–H groups in total. The van der Waals surface area contributed by atoms with E-state index in [4.69, 9.17) is 4.74 Å². The van der Waals surface area contributed by atoms with Crippen molar-refractivity contribution in [3.05, 3.63) is 30.1 Å². The molecule has 0 amide bonds. The normalized spacial score (nSPS) is 27.5. The molecule has 1 aliphatic heterocycles. The lowest BCUT2D eigenvalue weighted by molar-refractivity contribution is 0.136. The predicted octanol–water partition coefficient (Wildman–Crippen LogP) is 3.57. The first kappa shape index (κ1) is 13.9. The number of benzene rings is 1. The second-order valence-electron chi connectivity index (χ2n) is 6.48. The van der Waals surface area contributed by atoms with Crippen molar-refractivity contribution in [2.75, 3.05) is 26.2 Å². The van der Waals surface area contributed by atoms with Crippen LogP contribution in [0.15, 0.2) is 24.3 Å². The van der Waals surface area contributed by atoms with Crippen LogP contribution in [0.2, 0.25) is 0 Å². The first-order valence-corrected chi connectivity index (χ1v) is 7.81. The predicted molar refractivity (Wildman–Crippen MR) is 78.3 cm³/mol. The van der Waals surface area contributed by atoms with E-state index >= 15 is 0 Å². The molecule has 110 valence electrons. The first-order chi connectivity index (χ1) is 9.70. The summed E-state index contributed by atoms with van der Waals surface area (Å²) in [4.78, 5) is 2.61. The highest BCUT2D eigenvalue weighted by atomic mass is 19.1. The summed E-state index contributed by atoms with van der Waals surface area (Å²) in [6, 6.07) is 6.32. The molecule has 1 saturated carbocycles. The molecular formula is C17H24FNO. The van der Waals surface area contributed by atoms with Crippen molar-refractivity contribution >= 4 is 0 Å². The number of likely N-dealkylation sites (tertiary alicyclic amines) is 1. The molecule has 0 unspecified atom stereocenters. The molecule has 20 heavy (non-hydrogen) atoms. The zero-order chi connectivity index (χ0) is 13.9. The van der Waals surface area contributed by atoms with Gasteiger partial charge in [-0.05, 0) is 74.4 Å². The third-order valence-corrected chi connectivity index (χ3v) is 4.78. The maximum Gasteiger partial charge on any atom is 0.123 e. The van der Waals surface area contributed by atoms with Gasteiger partial charge >= 0.3 is 0 Å². The van der Waals surface area contributed by atoms with Crippen LogP contribution in [0.3, 0.4) is 0 Å². The Balaban J connectivity index is 1.37. The van der Waals surface area contributed by atoms with Crippen LogP contribution in [0.4, 0.5) is 4.39 Å². The van der Waals surface area contributed by atoms with Gasteiger partial charge in [-0.3, -0.25) is 0 Å². The summed E-state index contributed by atoms with van der Waals surface area (Å²) in [6.45, 7) is 6.83. The van der Waals surface area contributed by atoms with E-state index in [1.54, 1.807) is 12.1 Å². The van der Waals surface area contributed by atoms with Gasteiger partial charge in [0.1, 0.15) is 11.6 Å². The van der Waals surface area contributed by atoms with Gasteiger partial charge < -0.3 is 9.64 Å². The lowest BCUT2D eigenvalue weighted by Crippen LogP contribution is -2.36. The van der Waals surface area contributed by atoms with Crippen LogP contribution in [-0.2, 0) is 0 Å². The molecule has 1 saturated heterocycles. The molecule has 1 aromatic rings. The van der Waals surface area contributed by atoms with Crippen molar-refractivity contribution < 1.29 is 9.13 Å². The van der Waals surface area contributed by atoms with Crippen molar-refractivity contribution in [2.45, 2.75) is 26.2 Å². The molecule has 2 aliphatic rings. The fraction of sp³-hybridized carbons (Fsp3) is 0.647. The molecule has 1 aromatic carbocycles. The van der Waals surface area contributed by atoms with E-state index in [0.29, 0.717) is 5.92 Å². The fourth-order valence-corrected chi connectivity index (χ4v) is 3.07. The van der Waals surface area contributed by atoms with Gasteiger partial charge in [-0.25, -0.2) is 4.39 Å². The van der Waals surface area contributed by atoms with E-state index in [2.05, 4.69) is 11.8 Å². The third-order valence-electron chi connectivity index (χ3n) is 4.78. The summed E-state index contributed by atoms with van der Waals surface area (Å²) in [5.41, 5.74) is 0. The lowest BCUT2D eigenvalue weighted by Gasteiger charge is -2.31. The smallest absolute Gasteiger partial charge is 0.123 e. The van der Waals surface area contributed by atoms with Crippen molar-refractivity contribution in [3.8, 4) is 5.75 Å². The molecule has 0 radical (unpaired) electrons. The highest BCUT2D eigenvalue weighted by Crippen LogP contribution is 2.38. The minimum Gasteiger partial charge on any atom is -0.493 e. The average molecular weight is 277 g/mol. The molecule has 1 aliphatic carbocycles. The van der Waals surface area contributed by atoms with E-state index in [9.17, 15) is 4.39 Å². The van der Waals surface area contributed by atoms with Crippen molar-refractivity contribution in [3.63, 3.8) is 0 Å². The zero-order valence-electron chi connectivity index (χ0n) is 12.2. The Labute approximate surface area is 120 Å². The van der Waals surface area contributed by atoms with Gasteiger partial charge in [0, 0.05) is 6.54 Å². The van der Waals surface area contributed by atoms with Gasteiger partial charge in [0.25, 0.3) is 0 Å². The van der Waals surface area contributed by atoms with Crippen LogP contribution in [0.5, 0.6) is 5.75 Å². The molecule has 0 bridgehead atoms. The van der Waals surface area contributed by atoms with Crippen LogP contribution in [0.1, 0.15) is 26.2 Å². The molecule has 0 aromatic heterocycles. The average Bonchev–Trinajstić information content (AvgIpc) is 3.15. The number of piperidine rings is 1. The Morgan fingerprint density at radius 3 is 2.45 bits per heavy atom. The molecule has 1 heterocycles. The zero-order valence-corrected chi connectivity index (χ0v) is 12.2. The van der Waals surface area contributed by atoms with Crippen LogP contribution in [0.25, 0.3) is 0 Å². The largest absolute Gasteiger partial charge is 0.493 e. The molecule has 2 atom stereocenters. The van der Waals surface area contributed by atoms with Crippen LogP contribution in [0, 0.1) is 23.6 Å². The Morgan fingerprint density at radius 2 is 1.85 bits per heavy atom. The molecule has 2 nitrogen and oxygen atoms in total. The van der Waals surface area contributed by atoms with Crippen molar-refractivity contribution in [1.82, 2.24) is 4.90 Å². The molecule has 3 rings (SSSR count). The summed E-state index contributed by atoms with van der Waals surface area (Å²) < 4.78 is 18.6. The van der Waals surface area contributed by atoms with Gasteiger partial charge in [-0.1, -0.05) is 6.92 Å². The van der Waals surface area contributed by atoms with Gasteiger partial charge in [-0.2, -0.15) is 0 Å². The fourth-order valence-electron chi connectivity index (χ4n) is 3.07. The maximum atomic E-state index is 12.8. The Morgan fingerprint density at radius 1 is 1.20 bits per heavy atom. The number of hydrogen-bond donors (Lipinski definition) is 0. The maximum absolute atomic E-state index is 12.8.